The zero-order valence-corrected chi connectivity index (χ0v) is 29.7. The third-order valence-corrected chi connectivity index (χ3v) is 8.95. The van der Waals surface area contributed by atoms with Gasteiger partial charge in [0.05, 0.1) is 81.5 Å². The number of pyridine rings is 1. The minimum Gasteiger partial charge on any atom is -0.371 e. The maximum Gasteiger partial charge on any atom is 0.258 e. The van der Waals surface area contributed by atoms with Gasteiger partial charge in [0.15, 0.2) is 0 Å². The number of rotatable bonds is 7. The summed E-state index contributed by atoms with van der Waals surface area (Å²) in [5, 5.41) is 34.8. The number of hydrogen-bond donors (Lipinski definition) is 4. The van der Waals surface area contributed by atoms with Gasteiger partial charge in [-0.2, -0.15) is 15.6 Å². The van der Waals surface area contributed by atoms with Crippen molar-refractivity contribution in [3.63, 3.8) is 0 Å². The van der Waals surface area contributed by atoms with Gasteiger partial charge in [-0.25, -0.2) is 9.67 Å². The summed E-state index contributed by atoms with van der Waals surface area (Å²) in [5.41, 5.74) is 5.30. The zero-order chi connectivity index (χ0) is 37.2. The summed E-state index contributed by atoms with van der Waals surface area (Å²) < 4.78 is 13.0. The average molecular weight is 751 g/mol. The van der Waals surface area contributed by atoms with E-state index < -0.39 is 0 Å². The first-order valence-corrected chi connectivity index (χ1v) is 17.3. The van der Waals surface area contributed by atoms with Crippen LogP contribution < -0.4 is 21.3 Å². The lowest BCUT2D eigenvalue weighted by molar-refractivity contribution is 0.0276. The molecular weight excluding hydrogens is 717 g/mol. The fourth-order valence-electron chi connectivity index (χ4n) is 5.48. The molecule has 13 nitrogen and oxygen atoms in total. The van der Waals surface area contributed by atoms with Crippen LogP contribution in [0.2, 0.25) is 10.0 Å². The molecule has 15 heteroatoms. The average Bonchev–Trinajstić information content (AvgIpc) is 3.71. The number of halogens is 2. The molecule has 2 aliphatic heterocycles. The lowest BCUT2D eigenvalue weighted by Gasteiger charge is -2.24. The van der Waals surface area contributed by atoms with Crippen LogP contribution in [0.4, 0.5) is 11.4 Å². The number of nitriles is 2. The molecule has 53 heavy (non-hydrogen) atoms. The van der Waals surface area contributed by atoms with Gasteiger partial charge in [0.2, 0.25) is 0 Å². The van der Waals surface area contributed by atoms with Crippen LogP contribution in [-0.4, -0.2) is 66.0 Å². The molecule has 2 amide bonds. The number of nitrogens with zero attached hydrogens (tertiary/aromatic N) is 5. The van der Waals surface area contributed by atoms with Gasteiger partial charge >= 0.3 is 0 Å². The molecule has 0 aliphatic carbocycles. The van der Waals surface area contributed by atoms with E-state index >= 15 is 0 Å². The Morgan fingerprint density at radius 2 is 1.34 bits per heavy atom. The summed E-state index contributed by atoms with van der Waals surface area (Å²) in [5.74, 6) is -0.646. The molecule has 2 atom stereocenters. The van der Waals surface area contributed by atoms with Crippen LogP contribution in [0, 0.1) is 22.7 Å². The van der Waals surface area contributed by atoms with Crippen LogP contribution in [-0.2, 0) is 9.47 Å². The minimum absolute atomic E-state index is 0.0382. The van der Waals surface area contributed by atoms with Crippen molar-refractivity contribution in [1.29, 1.82) is 10.5 Å². The van der Waals surface area contributed by atoms with Crippen LogP contribution in [0.5, 0.6) is 0 Å². The van der Waals surface area contributed by atoms with Crippen LogP contribution in [0.25, 0.3) is 5.69 Å². The molecule has 4 N–H and O–H groups in total. The number of carbonyl (C=O) groups excluding carboxylic acids is 2. The molecule has 2 aromatic heterocycles. The van der Waals surface area contributed by atoms with Crippen LogP contribution >= 0.6 is 23.2 Å². The quantitative estimate of drug-likeness (QED) is 0.158. The highest BCUT2D eigenvalue weighted by atomic mass is 35.5. The highest BCUT2D eigenvalue weighted by Crippen LogP contribution is 2.30. The molecule has 0 unspecified atom stereocenters. The molecule has 0 spiro atoms. The van der Waals surface area contributed by atoms with E-state index in [2.05, 4.69) is 37.4 Å². The summed E-state index contributed by atoms with van der Waals surface area (Å²) in [6.07, 6.45) is 4.38. The van der Waals surface area contributed by atoms with Crippen molar-refractivity contribution in [1.82, 2.24) is 25.4 Å². The number of hydrogen-bond acceptors (Lipinski definition) is 10. The molecule has 4 heterocycles. The molecule has 0 saturated carbocycles. The molecule has 268 valence electrons. The largest absolute Gasteiger partial charge is 0.371 e. The minimum atomic E-state index is -0.336. The Kier molecular flexibility index (Phi) is 12.4. The van der Waals surface area contributed by atoms with Crippen molar-refractivity contribution in [2.75, 3.05) is 50.0 Å². The van der Waals surface area contributed by atoms with Gasteiger partial charge in [-0.05, 0) is 71.8 Å². The third kappa shape index (κ3) is 9.62. The van der Waals surface area contributed by atoms with Crippen LogP contribution in [0.15, 0.2) is 91.4 Å². The van der Waals surface area contributed by atoms with Gasteiger partial charge in [-0.3, -0.25) is 9.59 Å². The zero-order valence-electron chi connectivity index (χ0n) is 28.2. The summed E-state index contributed by atoms with van der Waals surface area (Å²) in [6.45, 7) is 4.47. The van der Waals surface area contributed by atoms with Gasteiger partial charge in [-0.15, -0.1) is 0 Å². The van der Waals surface area contributed by atoms with Gasteiger partial charge in [0, 0.05) is 38.6 Å². The smallest absolute Gasteiger partial charge is 0.258 e. The van der Waals surface area contributed by atoms with Crippen molar-refractivity contribution in [2.24, 2.45) is 0 Å². The number of ether oxygens (including phenoxy) is 2. The number of morpholine rings is 2. The van der Waals surface area contributed by atoms with Crippen molar-refractivity contribution >= 4 is 46.4 Å². The second-order valence-electron chi connectivity index (χ2n) is 11.9. The molecular formula is C38H33Cl2N9O4. The molecule has 0 radical (unpaired) electrons. The topological polar surface area (TPSA) is 179 Å². The normalized spacial score (nSPS) is 16.6. The van der Waals surface area contributed by atoms with Gasteiger partial charge < -0.3 is 30.7 Å². The van der Waals surface area contributed by atoms with Gasteiger partial charge in [-0.1, -0.05) is 35.3 Å². The standard InChI is InChI=1S/C21H18ClN5O2.C17H15ClN4O2/c22-18-9-15(20-12-24-7-8-29-20)3-6-19(18)26-21(28)16-11-25-27(13-16)17-4-1-14(10-23)2-5-17;18-14-7-11(16-10-20-5-6-24-16)2-4-15(14)22-17(23)12-1-3-13(8-19)21-9-12/h1-6,9,11,13,20,24H,7-8,12H2,(H,26,28);1-4,7,9,16,20H,5-6,10H2,(H,22,23)/t20-;16-/m10/s1. The number of amides is 2. The highest BCUT2D eigenvalue weighted by molar-refractivity contribution is 6.34. The lowest BCUT2D eigenvalue weighted by atomic mass is 10.1. The Labute approximate surface area is 315 Å². The van der Waals surface area contributed by atoms with Crippen molar-refractivity contribution in [3.05, 3.63) is 135 Å². The van der Waals surface area contributed by atoms with E-state index in [0.29, 0.717) is 51.3 Å². The maximum absolute atomic E-state index is 12.6. The van der Waals surface area contributed by atoms with E-state index in [1.807, 2.05) is 24.3 Å². The predicted molar refractivity (Wildman–Crippen MR) is 199 cm³/mol. The van der Waals surface area contributed by atoms with Crippen molar-refractivity contribution in [2.45, 2.75) is 12.2 Å². The Hall–Kier alpha value is -5.64. The molecule has 2 aliphatic rings. The van der Waals surface area contributed by atoms with E-state index in [9.17, 15) is 9.59 Å². The Bertz CT molecular complexity index is 2150. The molecule has 0 bridgehead atoms. The van der Waals surface area contributed by atoms with E-state index in [0.717, 1.165) is 43.0 Å². The molecule has 5 aromatic rings. The number of nitrogens with one attached hydrogen (secondary N) is 4. The second kappa shape index (κ2) is 17.7. The first-order chi connectivity index (χ1) is 25.8. The van der Waals surface area contributed by atoms with E-state index in [4.69, 9.17) is 43.2 Å². The molecule has 7 rings (SSSR count). The molecule has 3 aromatic carbocycles. The third-order valence-electron chi connectivity index (χ3n) is 8.33. The Balaban J connectivity index is 0.000000185. The lowest BCUT2D eigenvalue weighted by Crippen LogP contribution is -2.33. The number of carbonyl (C=O) groups is 2. The van der Waals surface area contributed by atoms with E-state index in [1.54, 1.807) is 59.4 Å². The Morgan fingerprint density at radius 3 is 1.81 bits per heavy atom. The van der Waals surface area contributed by atoms with Crippen molar-refractivity contribution in [3.8, 4) is 17.8 Å². The van der Waals surface area contributed by atoms with Crippen molar-refractivity contribution < 1.29 is 19.1 Å². The Morgan fingerprint density at radius 1 is 0.755 bits per heavy atom. The first kappa shape index (κ1) is 37.1. The maximum atomic E-state index is 12.6. The fourth-order valence-corrected chi connectivity index (χ4v) is 5.95. The van der Waals surface area contributed by atoms with Gasteiger partial charge in [0.25, 0.3) is 11.8 Å². The monoisotopic (exact) mass is 749 g/mol. The highest BCUT2D eigenvalue weighted by Gasteiger charge is 2.19. The summed E-state index contributed by atoms with van der Waals surface area (Å²) in [7, 11) is 0. The SMILES string of the molecule is N#Cc1ccc(-n2cc(C(=O)Nc3ccc([C@H]4CNCCO4)cc3Cl)cn2)cc1.N#Cc1ccc(C(=O)Nc2ccc([C@@H]3CNCCO3)cc2Cl)cn1. The number of aromatic nitrogens is 3. The predicted octanol–water partition coefficient (Wildman–Crippen LogP) is 5.83. The van der Waals surface area contributed by atoms with Crippen LogP contribution in [0.1, 0.15) is 55.3 Å². The fraction of sp³-hybridized carbons (Fsp3) is 0.211. The second-order valence-corrected chi connectivity index (χ2v) is 12.7. The number of benzene rings is 3. The summed E-state index contributed by atoms with van der Waals surface area (Å²) in [6, 6.07) is 24.9. The van der Waals surface area contributed by atoms with E-state index in [-0.39, 0.29) is 29.7 Å². The van der Waals surface area contributed by atoms with Gasteiger partial charge in [0.1, 0.15) is 11.8 Å². The van der Waals surface area contributed by atoms with E-state index in [1.165, 1.54) is 18.5 Å². The first-order valence-electron chi connectivity index (χ1n) is 16.6. The van der Waals surface area contributed by atoms with Crippen LogP contribution in [0.3, 0.4) is 0 Å². The molecule has 2 fully saturated rings. The summed E-state index contributed by atoms with van der Waals surface area (Å²) in [4.78, 5) is 28.7. The molecule has 2 saturated heterocycles. The summed E-state index contributed by atoms with van der Waals surface area (Å²) >= 11 is 12.7. The number of anilines is 2.